The van der Waals surface area contributed by atoms with Gasteiger partial charge in [-0.05, 0) is 37.3 Å². The molecule has 1 unspecified atom stereocenters. The Kier molecular flexibility index (Phi) is 3.84. The average Bonchev–Trinajstić information content (AvgIpc) is 3.36. The number of nitrogens with zero attached hydrogens (tertiary/aromatic N) is 3. The van der Waals surface area contributed by atoms with Crippen LogP contribution in [-0.2, 0) is 13.0 Å². The molecule has 1 aromatic heterocycles. The van der Waals surface area contributed by atoms with E-state index >= 15 is 0 Å². The Balaban J connectivity index is 1.21. The number of hydrogen-bond donors (Lipinski definition) is 1. The molecule has 6 heteroatoms. The van der Waals surface area contributed by atoms with Crippen molar-refractivity contribution in [3.05, 3.63) is 47.7 Å². The fraction of sp³-hybridized carbons (Fsp3) is 0.500. The van der Waals surface area contributed by atoms with E-state index in [2.05, 4.69) is 39.5 Å². The molecule has 3 aliphatic rings. The van der Waals surface area contributed by atoms with Crippen molar-refractivity contribution in [2.75, 3.05) is 24.5 Å². The third kappa shape index (κ3) is 2.93. The van der Waals surface area contributed by atoms with Crippen LogP contribution in [0.25, 0.3) is 0 Å². The minimum Gasteiger partial charge on any atom is -0.444 e. The van der Waals surface area contributed by atoms with Crippen molar-refractivity contribution in [3.8, 4) is 0 Å². The molecule has 5 rings (SSSR count). The SMILES string of the molecule is O=C(NCc1cnc(C2CC2)o1)N1CCCN2c3ccccc3CC2C1. The van der Waals surface area contributed by atoms with Gasteiger partial charge in [0.25, 0.3) is 0 Å². The number of aromatic nitrogens is 1. The summed E-state index contributed by atoms with van der Waals surface area (Å²) in [6.45, 7) is 2.98. The number of anilines is 1. The summed E-state index contributed by atoms with van der Waals surface area (Å²) in [5, 5.41) is 3.00. The summed E-state index contributed by atoms with van der Waals surface area (Å²) in [4.78, 5) is 21.4. The summed E-state index contributed by atoms with van der Waals surface area (Å²) in [5.74, 6) is 2.06. The number of urea groups is 1. The minimum atomic E-state index is -0.00724. The molecule has 1 atom stereocenters. The summed E-state index contributed by atoms with van der Waals surface area (Å²) in [6, 6.07) is 8.98. The standard InChI is InChI=1S/C20H24N4O2/c25-20(22-12-17-11-21-19(26-17)14-6-7-14)23-8-3-9-24-16(13-23)10-15-4-1-2-5-18(15)24/h1-2,4-5,11,14,16H,3,6-10,12-13H2,(H,22,25). The lowest BCUT2D eigenvalue weighted by Gasteiger charge is -2.27. The van der Waals surface area contributed by atoms with Crippen molar-refractivity contribution >= 4 is 11.7 Å². The number of carbonyl (C=O) groups excluding carboxylic acids is 1. The molecule has 2 fully saturated rings. The second kappa shape index (κ2) is 6.34. The van der Waals surface area contributed by atoms with Crippen LogP contribution >= 0.6 is 0 Å². The Hall–Kier alpha value is -2.50. The molecule has 0 bridgehead atoms. The number of rotatable bonds is 3. The largest absolute Gasteiger partial charge is 0.444 e. The maximum Gasteiger partial charge on any atom is 0.317 e. The molecular weight excluding hydrogens is 328 g/mol. The van der Waals surface area contributed by atoms with Crippen molar-refractivity contribution in [2.45, 2.75) is 44.2 Å². The van der Waals surface area contributed by atoms with Crippen LogP contribution < -0.4 is 10.2 Å². The van der Waals surface area contributed by atoms with Crippen molar-refractivity contribution < 1.29 is 9.21 Å². The quantitative estimate of drug-likeness (QED) is 0.923. The Labute approximate surface area is 153 Å². The zero-order chi connectivity index (χ0) is 17.5. The van der Waals surface area contributed by atoms with E-state index in [1.807, 2.05) is 4.90 Å². The van der Waals surface area contributed by atoms with E-state index in [-0.39, 0.29) is 6.03 Å². The second-order valence-electron chi connectivity index (χ2n) is 7.58. The highest BCUT2D eigenvalue weighted by Crippen LogP contribution is 2.39. The van der Waals surface area contributed by atoms with E-state index in [0.29, 0.717) is 18.5 Å². The molecule has 2 amide bonds. The van der Waals surface area contributed by atoms with Crippen molar-refractivity contribution in [3.63, 3.8) is 0 Å². The summed E-state index contributed by atoms with van der Waals surface area (Å²) < 4.78 is 5.73. The third-order valence-electron chi connectivity index (χ3n) is 5.65. The van der Waals surface area contributed by atoms with Gasteiger partial charge in [0, 0.05) is 31.2 Å². The molecule has 0 spiro atoms. The van der Waals surface area contributed by atoms with E-state index in [9.17, 15) is 4.79 Å². The van der Waals surface area contributed by atoms with E-state index < -0.39 is 0 Å². The summed E-state index contributed by atoms with van der Waals surface area (Å²) in [6.07, 6.45) is 6.09. The third-order valence-corrected chi connectivity index (χ3v) is 5.65. The van der Waals surface area contributed by atoms with Gasteiger partial charge in [-0.3, -0.25) is 0 Å². The van der Waals surface area contributed by atoms with Crippen LogP contribution in [0.2, 0.25) is 0 Å². The smallest absolute Gasteiger partial charge is 0.317 e. The lowest BCUT2D eigenvalue weighted by Crippen LogP contribution is -2.45. The summed E-state index contributed by atoms with van der Waals surface area (Å²) in [7, 11) is 0. The van der Waals surface area contributed by atoms with Crippen LogP contribution in [0.5, 0.6) is 0 Å². The molecule has 1 aromatic carbocycles. The van der Waals surface area contributed by atoms with Gasteiger partial charge in [-0.25, -0.2) is 9.78 Å². The number of amides is 2. The van der Waals surface area contributed by atoms with Gasteiger partial charge in [0.1, 0.15) is 5.76 Å². The molecule has 136 valence electrons. The lowest BCUT2D eigenvalue weighted by atomic mass is 10.1. The zero-order valence-electron chi connectivity index (χ0n) is 14.9. The van der Waals surface area contributed by atoms with Gasteiger partial charge in [-0.15, -0.1) is 0 Å². The van der Waals surface area contributed by atoms with Gasteiger partial charge in [-0.1, -0.05) is 18.2 Å². The van der Waals surface area contributed by atoms with E-state index in [1.165, 1.54) is 24.1 Å². The number of para-hydroxylation sites is 1. The van der Waals surface area contributed by atoms with Crippen molar-refractivity contribution in [2.24, 2.45) is 0 Å². The summed E-state index contributed by atoms with van der Waals surface area (Å²) in [5.41, 5.74) is 2.74. The topological polar surface area (TPSA) is 61.6 Å². The van der Waals surface area contributed by atoms with Crippen LogP contribution in [0, 0.1) is 0 Å². The Morgan fingerprint density at radius 1 is 1.27 bits per heavy atom. The number of benzene rings is 1. The van der Waals surface area contributed by atoms with Gasteiger partial charge in [0.05, 0.1) is 18.8 Å². The molecule has 1 aliphatic carbocycles. The normalized spacial score (nSPS) is 21.9. The molecule has 1 saturated heterocycles. The van der Waals surface area contributed by atoms with E-state index in [0.717, 1.165) is 44.1 Å². The first-order valence-corrected chi connectivity index (χ1v) is 9.60. The second-order valence-corrected chi connectivity index (χ2v) is 7.58. The molecule has 6 nitrogen and oxygen atoms in total. The number of fused-ring (bicyclic) bond motifs is 3. The monoisotopic (exact) mass is 352 g/mol. The van der Waals surface area contributed by atoms with Crippen LogP contribution in [0.3, 0.4) is 0 Å². The fourth-order valence-corrected chi connectivity index (χ4v) is 4.15. The first-order valence-electron chi connectivity index (χ1n) is 9.60. The number of oxazole rings is 1. The van der Waals surface area contributed by atoms with Crippen molar-refractivity contribution in [1.29, 1.82) is 0 Å². The van der Waals surface area contributed by atoms with Crippen LogP contribution in [0.1, 0.15) is 42.4 Å². The van der Waals surface area contributed by atoms with E-state index in [4.69, 9.17) is 4.42 Å². The highest BCUT2D eigenvalue weighted by atomic mass is 16.4. The Bertz CT molecular complexity index is 814. The highest BCUT2D eigenvalue weighted by Gasteiger charge is 2.33. The van der Waals surface area contributed by atoms with Gasteiger partial charge in [0.2, 0.25) is 0 Å². The molecule has 1 N–H and O–H groups in total. The van der Waals surface area contributed by atoms with Gasteiger partial charge < -0.3 is 19.5 Å². The predicted molar refractivity (Wildman–Crippen MR) is 98.2 cm³/mol. The molecule has 2 aliphatic heterocycles. The maximum atomic E-state index is 12.7. The molecule has 3 heterocycles. The van der Waals surface area contributed by atoms with Crippen molar-refractivity contribution in [1.82, 2.24) is 15.2 Å². The predicted octanol–water partition coefficient (Wildman–Crippen LogP) is 2.90. The fourth-order valence-electron chi connectivity index (χ4n) is 4.15. The number of carbonyl (C=O) groups is 1. The van der Waals surface area contributed by atoms with E-state index in [1.54, 1.807) is 6.20 Å². The van der Waals surface area contributed by atoms with Gasteiger partial charge in [0.15, 0.2) is 5.89 Å². The molecular formula is C20H24N4O2. The molecule has 26 heavy (non-hydrogen) atoms. The molecule has 1 saturated carbocycles. The maximum absolute atomic E-state index is 12.7. The number of hydrogen-bond acceptors (Lipinski definition) is 4. The molecule has 0 radical (unpaired) electrons. The lowest BCUT2D eigenvalue weighted by molar-refractivity contribution is 0.196. The molecule has 2 aromatic rings. The van der Waals surface area contributed by atoms with Crippen LogP contribution in [0.15, 0.2) is 34.9 Å². The zero-order valence-corrected chi connectivity index (χ0v) is 14.9. The first kappa shape index (κ1) is 15.7. The van der Waals surface area contributed by atoms with Crippen LogP contribution in [-0.4, -0.2) is 41.6 Å². The van der Waals surface area contributed by atoms with Gasteiger partial charge in [-0.2, -0.15) is 0 Å². The van der Waals surface area contributed by atoms with Gasteiger partial charge >= 0.3 is 6.03 Å². The number of nitrogens with one attached hydrogen (secondary N) is 1. The Morgan fingerprint density at radius 2 is 2.15 bits per heavy atom. The Morgan fingerprint density at radius 3 is 3.04 bits per heavy atom. The highest BCUT2D eigenvalue weighted by molar-refractivity contribution is 5.74. The average molecular weight is 352 g/mol. The summed E-state index contributed by atoms with van der Waals surface area (Å²) >= 11 is 0. The van der Waals surface area contributed by atoms with Crippen LogP contribution in [0.4, 0.5) is 10.5 Å². The minimum absolute atomic E-state index is 0.00724. The first-order chi connectivity index (χ1) is 12.8.